The molecule has 0 atom stereocenters. The van der Waals surface area contributed by atoms with Gasteiger partial charge in [0.1, 0.15) is 12.4 Å². The normalized spacial score (nSPS) is 11.0. The Labute approximate surface area is 135 Å². The first-order valence-corrected chi connectivity index (χ1v) is 7.68. The summed E-state index contributed by atoms with van der Waals surface area (Å²) in [6, 6.07) is 22.8. The van der Waals surface area contributed by atoms with Gasteiger partial charge in [0.2, 0.25) is 0 Å². The molecule has 0 fully saturated rings. The van der Waals surface area contributed by atoms with E-state index in [2.05, 4.69) is 54.0 Å². The maximum atomic E-state index is 5.92. The van der Waals surface area contributed by atoms with Gasteiger partial charge < -0.3 is 9.72 Å². The molecule has 2 nitrogen and oxygen atoms in total. The van der Waals surface area contributed by atoms with E-state index < -0.39 is 0 Å². The average Bonchev–Trinajstić information content (AvgIpc) is 2.98. The van der Waals surface area contributed by atoms with Crippen LogP contribution in [-0.4, -0.2) is 4.98 Å². The lowest BCUT2D eigenvalue weighted by Crippen LogP contribution is -1.95. The highest BCUT2D eigenvalue weighted by Gasteiger charge is 2.05. The Morgan fingerprint density at radius 2 is 1.65 bits per heavy atom. The molecule has 0 spiro atoms. The molecule has 0 saturated carbocycles. The van der Waals surface area contributed by atoms with Gasteiger partial charge in [-0.25, -0.2) is 0 Å². The van der Waals surface area contributed by atoms with Crippen LogP contribution in [0, 0.1) is 0 Å². The monoisotopic (exact) mass is 299 g/mol. The van der Waals surface area contributed by atoms with Crippen molar-refractivity contribution >= 4 is 27.9 Å². The number of aromatic amines is 1. The van der Waals surface area contributed by atoms with Crippen LogP contribution in [0.3, 0.4) is 0 Å². The van der Waals surface area contributed by atoms with Crippen molar-refractivity contribution < 1.29 is 4.74 Å². The largest absolute Gasteiger partial charge is 0.489 e. The van der Waals surface area contributed by atoms with Crippen LogP contribution in [-0.2, 0) is 6.61 Å². The van der Waals surface area contributed by atoms with E-state index >= 15 is 0 Å². The number of aromatic nitrogens is 1. The van der Waals surface area contributed by atoms with Crippen LogP contribution in [0.15, 0.2) is 73.3 Å². The lowest BCUT2D eigenvalue weighted by atomic mass is 10.1. The van der Waals surface area contributed by atoms with Crippen LogP contribution in [0.2, 0.25) is 0 Å². The van der Waals surface area contributed by atoms with E-state index in [-0.39, 0.29) is 0 Å². The number of ether oxygens (including phenoxy) is 1. The van der Waals surface area contributed by atoms with Crippen molar-refractivity contribution in [1.82, 2.24) is 4.98 Å². The van der Waals surface area contributed by atoms with E-state index in [0.29, 0.717) is 6.61 Å². The van der Waals surface area contributed by atoms with Gasteiger partial charge in [0, 0.05) is 22.4 Å². The van der Waals surface area contributed by atoms with Gasteiger partial charge in [-0.3, -0.25) is 0 Å². The maximum absolute atomic E-state index is 5.92. The van der Waals surface area contributed by atoms with E-state index in [1.54, 1.807) is 0 Å². The molecule has 2 heteroatoms. The molecular weight excluding hydrogens is 282 g/mol. The summed E-state index contributed by atoms with van der Waals surface area (Å²) in [5.41, 5.74) is 4.52. The topological polar surface area (TPSA) is 25.0 Å². The second-order valence-electron chi connectivity index (χ2n) is 5.61. The summed E-state index contributed by atoms with van der Waals surface area (Å²) in [7, 11) is 0. The number of nitrogens with one attached hydrogen (secondary N) is 1. The Hall–Kier alpha value is -3.00. The van der Waals surface area contributed by atoms with Crippen LogP contribution in [0.25, 0.3) is 27.9 Å². The van der Waals surface area contributed by atoms with E-state index in [9.17, 15) is 0 Å². The van der Waals surface area contributed by atoms with Crippen molar-refractivity contribution in [3.8, 4) is 5.75 Å². The van der Waals surface area contributed by atoms with Crippen molar-refractivity contribution in [2.75, 3.05) is 0 Å². The molecule has 0 bridgehead atoms. The Bertz CT molecular complexity index is 980. The summed E-state index contributed by atoms with van der Waals surface area (Å²) < 4.78 is 5.92. The Kier molecular flexibility index (Phi) is 3.35. The molecule has 0 aliphatic heterocycles. The molecular formula is C21H17NO. The summed E-state index contributed by atoms with van der Waals surface area (Å²) in [5.74, 6) is 0.872. The molecule has 3 aromatic carbocycles. The van der Waals surface area contributed by atoms with E-state index in [1.807, 2.05) is 30.3 Å². The SMILES string of the molecule is C=Cc1ccc(COc2ccc3c(c2)[nH]c2ccccc23)cc1. The summed E-state index contributed by atoms with van der Waals surface area (Å²) in [4.78, 5) is 3.44. The van der Waals surface area contributed by atoms with Crippen LogP contribution >= 0.6 is 0 Å². The fraction of sp³-hybridized carbons (Fsp3) is 0.0476. The third-order valence-electron chi connectivity index (χ3n) is 4.10. The summed E-state index contributed by atoms with van der Waals surface area (Å²) in [6.07, 6.45) is 1.84. The standard InChI is InChI=1S/C21H17NO/c1-2-15-7-9-16(10-8-15)14-23-17-11-12-19-18-5-3-4-6-20(18)22-21(19)13-17/h2-13,22H,1,14H2. The molecule has 0 amide bonds. The number of H-pyrrole nitrogens is 1. The van der Waals surface area contributed by atoms with Gasteiger partial charge in [0.25, 0.3) is 0 Å². The first-order chi connectivity index (χ1) is 11.3. The Balaban J connectivity index is 1.58. The van der Waals surface area contributed by atoms with Crippen molar-refractivity contribution in [2.45, 2.75) is 6.61 Å². The number of para-hydroxylation sites is 1. The van der Waals surface area contributed by atoms with E-state index in [4.69, 9.17) is 4.74 Å². The molecule has 1 N–H and O–H groups in total. The highest BCUT2D eigenvalue weighted by molar-refractivity contribution is 6.07. The Morgan fingerprint density at radius 3 is 2.48 bits per heavy atom. The molecule has 4 rings (SSSR count). The minimum Gasteiger partial charge on any atom is -0.489 e. The summed E-state index contributed by atoms with van der Waals surface area (Å²) >= 11 is 0. The highest BCUT2D eigenvalue weighted by atomic mass is 16.5. The summed E-state index contributed by atoms with van der Waals surface area (Å²) in [5, 5.41) is 2.47. The molecule has 0 aliphatic carbocycles. The molecule has 0 saturated heterocycles. The molecule has 4 aromatic rings. The smallest absolute Gasteiger partial charge is 0.121 e. The van der Waals surface area contributed by atoms with E-state index in [0.717, 1.165) is 27.9 Å². The van der Waals surface area contributed by atoms with Crippen LogP contribution in [0.1, 0.15) is 11.1 Å². The van der Waals surface area contributed by atoms with Gasteiger partial charge in [-0.05, 0) is 29.3 Å². The molecule has 1 aromatic heterocycles. The summed E-state index contributed by atoms with van der Waals surface area (Å²) in [6.45, 7) is 4.33. The maximum Gasteiger partial charge on any atom is 0.121 e. The molecule has 0 unspecified atom stereocenters. The molecule has 1 heterocycles. The van der Waals surface area contributed by atoms with Crippen LogP contribution in [0.4, 0.5) is 0 Å². The zero-order valence-electron chi connectivity index (χ0n) is 12.8. The minimum absolute atomic E-state index is 0.559. The number of hydrogen-bond donors (Lipinski definition) is 1. The highest BCUT2D eigenvalue weighted by Crippen LogP contribution is 2.28. The predicted molar refractivity (Wildman–Crippen MR) is 96.7 cm³/mol. The third kappa shape index (κ3) is 2.59. The number of rotatable bonds is 4. The first kappa shape index (κ1) is 13.6. The van der Waals surface area contributed by atoms with Crippen LogP contribution < -0.4 is 4.74 Å². The van der Waals surface area contributed by atoms with Crippen molar-refractivity contribution in [3.05, 3.63) is 84.4 Å². The van der Waals surface area contributed by atoms with Crippen molar-refractivity contribution in [2.24, 2.45) is 0 Å². The van der Waals surface area contributed by atoms with Gasteiger partial charge in [-0.1, -0.05) is 55.1 Å². The number of benzene rings is 3. The quantitative estimate of drug-likeness (QED) is 0.525. The number of fused-ring (bicyclic) bond motifs is 3. The zero-order chi connectivity index (χ0) is 15.6. The molecule has 112 valence electrons. The van der Waals surface area contributed by atoms with Gasteiger partial charge in [-0.2, -0.15) is 0 Å². The minimum atomic E-state index is 0.559. The molecule has 0 aliphatic rings. The second kappa shape index (κ2) is 5.65. The number of hydrogen-bond acceptors (Lipinski definition) is 1. The predicted octanol–water partition coefficient (Wildman–Crippen LogP) is 5.54. The Morgan fingerprint density at radius 1 is 0.870 bits per heavy atom. The van der Waals surface area contributed by atoms with Gasteiger partial charge >= 0.3 is 0 Å². The van der Waals surface area contributed by atoms with E-state index in [1.165, 1.54) is 10.8 Å². The van der Waals surface area contributed by atoms with Crippen LogP contribution in [0.5, 0.6) is 5.75 Å². The fourth-order valence-corrected chi connectivity index (χ4v) is 2.84. The molecule has 0 radical (unpaired) electrons. The lowest BCUT2D eigenvalue weighted by Gasteiger charge is -2.07. The second-order valence-corrected chi connectivity index (χ2v) is 5.61. The van der Waals surface area contributed by atoms with Crippen molar-refractivity contribution in [1.29, 1.82) is 0 Å². The molecule has 23 heavy (non-hydrogen) atoms. The van der Waals surface area contributed by atoms with Crippen molar-refractivity contribution in [3.63, 3.8) is 0 Å². The van der Waals surface area contributed by atoms with Gasteiger partial charge in [0.15, 0.2) is 0 Å². The first-order valence-electron chi connectivity index (χ1n) is 7.68. The van der Waals surface area contributed by atoms with Gasteiger partial charge in [0.05, 0.1) is 5.52 Å². The zero-order valence-corrected chi connectivity index (χ0v) is 12.8. The fourth-order valence-electron chi connectivity index (χ4n) is 2.84. The van der Waals surface area contributed by atoms with Gasteiger partial charge in [-0.15, -0.1) is 0 Å². The lowest BCUT2D eigenvalue weighted by molar-refractivity contribution is 0.306. The third-order valence-corrected chi connectivity index (χ3v) is 4.10. The average molecular weight is 299 g/mol.